The third-order valence-electron chi connectivity index (χ3n) is 4.82. The number of carbonyl (C=O) groups excluding carboxylic acids is 1. The topological polar surface area (TPSA) is 32.8 Å². The lowest BCUT2D eigenvalue weighted by atomic mass is 10.1. The van der Waals surface area contributed by atoms with Crippen molar-refractivity contribution in [3.8, 4) is 5.75 Å². The summed E-state index contributed by atoms with van der Waals surface area (Å²) in [7, 11) is 1.65. The van der Waals surface area contributed by atoms with E-state index in [9.17, 15) is 4.79 Å². The molecule has 1 aliphatic rings. The maximum Gasteiger partial charge on any atom is 0.235 e. The Kier molecular flexibility index (Phi) is 6.55. The zero-order valence-corrected chi connectivity index (χ0v) is 17.5. The maximum absolute atomic E-state index is 12.8. The average molecular weight is 405 g/mol. The molecule has 0 aliphatic carbocycles. The summed E-state index contributed by atoms with van der Waals surface area (Å²) in [6.45, 7) is 7.19. The molecule has 0 N–H and O–H groups in total. The molecule has 1 heterocycles. The van der Waals surface area contributed by atoms with Gasteiger partial charge in [0.15, 0.2) is 0 Å². The number of anilines is 1. The fourth-order valence-corrected chi connectivity index (χ4v) is 4.37. The lowest BCUT2D eigenvalue weighted by molar-refractivity contribution is -0.130. The summed E-state index contributed by atoms with van der Waals surface area (Å²) in [5.41, 5.74) is 2.37. The first-order chi connectivity index (χ1) is 13.0. The van der Waals surface area contributed by atoms with Gasteiger partial charge in [0.2, 0.25) is 5.91 Å². The minimum absolute atomic E-state index is 0.113. The van der Waals surface area contributed by atoms with Crippen molar-refractivity contribution in [2.24, 2.45) is 0 Å². The number of piperazine rings is 1. The average Bonchev–Trinajstić information content (AvgIpc) is 2.70. The summed E-state index contributed by atoms with van der Waals surface area (Å²) in [4.78, 5) is 18.2. The molecule has 1 saturated heterocycles. The normalized spacial score (nSPS) is 15.6. The number of rotatable bonds is 5. The summed E-state index contributed by atoms with van der Waals surface area (Å²) in [6.07, 6.45) is 0. The minimum Gasteiger partial charge on any atom is -0.497 e. The smallest absolute Gasteiger partial charge is 0.235 e. The summed E-state index contributed by atoms with van der Waals surface area (Å²) >= 11 is 7.74. The summed E-state index contributed by atoms with van der Waals surface area (Å²) < 4.78 is 5.18. The number of halogens is 1. The number of thioether (sulfide) groups is 1. The molecule has 27 heavy (non-hydrogen) atoms. The van der Waals surface area contributed by atoms with Crippen LogP contribution in [0.4, 0.5) is 5.69 Å². The highest BCUT2D eigenvalue weighted by atomic mass is 35.5. The zero-order valence-electron chi connectivity index (χ0n) is 15.9. The molecular weight excluding hydrogens is 380 g/mol. The number of methoxy groups -OCH3 is 1. The molecule has 1 fully saturated rings. The van der Waals surface area contributed by atoms with Crippen molar-refractivity contribution < 1.29 is 9.53 Å². The van der Waals surface area contributed by atoms with Crippen molar-refractivity contribution in [2.45, 2.75) is 24.0 Å². The number of hydrogen-bond donors (Lipinski definition) is 0. The number of amides is 1. The lowest BCUT2D eigenvalue weighted by Gasteiger charge is -2.37. The van der Waals surface area contributed by atoms with Crippen LogP contribution < -0.4 is 9.64 Å². The van der Waals surface area contributed by atoms with E-state index in [1.807, 2.05) is 54.3 Å². The van der Waals surface area contributed by atoms with E-state index in [1.165, 1.54) is 5.56 Å². The third-order valence-corrected chi connectivity index (χ3v) is 6.16. The van der Waals surface area contributed by atoms with Crippen molar-refractivity contribution in [3.05, 3.63) is 53.1 Å². The van der Waals surface area contributed by atoms with Crippen molar-refractivity contribution in [2.75, 3.05) is 38.2 Å². The highest BCUT2D eigenvalue weighted by Crippen LogP contribution is 2.28. The van der Waals surface area contributed by atoms with Gasteiger partial charge in [-0.25, -0.2) is 0 Å². The van der Waals surface area contributed by atoms with Crippen molar-refractivity contribution in [3.63, 3.8) is 0 Å². The highest BCUT2D eigenvalue weighted by molar-refractivity contribution is 8.00. The molecule has 0 spiro atoms. The van der Waals surface area contributed by atoms with Crippen LogP contribution in [-0.2, 0) is 4.79 Å². The lowest BCUT2D eigenvalue weighted by Crippen LogP contribution is -2.50. The molecule has 0 bridgehead atoms. The first kappa shape index (κ1) is 19.9. The van der Waals surface area contributed by atoms with E-state index >= 15 is 0 Å². The van der Waals surface area contributed by atoms with E-state index < -0.39 is 0 Å². The van der Waals surface area contributed by atoms with Crippen LogP contribution in [0.1, 0.15) is 12.5 Å². The van der Waals surface area contributed by atoms with Crippen molar-refractivity contribution >= 4 is 35.0 Å². The molecule has 2 aromatic carbocycles. The SMILES string of the molecule is COc1ccc(S[C@H](C)C(=O)N2CCN(c3cc(Cl)ccc3C)CC2)cc1. The maximum atomic E-state index is 12.8. The molecule has 1 atom stereocenters. The van der Waals surface area contributed by atoms with Gasteiger partial charge in [0.25, 0.3) is 0 Å². The Labute approximate surface area is 170 Å². The summed E-state index contributed by atoms with van der Waals surface area (Å²) in [6, 6.07) is 13.8. The third kappa shape index (κ3) is 4.90. The van der Waals surface area contributed by atoms with Gasteiger partial charge in [0.1, 0.15) is 5.75 Å². The van der Waals surface area contributed by atoms with Crippen LogP contribution in [0.25, 0.3) is 0 Å². The first-order valence-corrected chi connectivity index (χ1v) is 10.3. The number of benzene rings is 2. The minimum atomic E-state index is -0.113. The van der Waals surface area contributed by atoms with Gasteiger partial charge in [-0.15, -0.1) is 11.8 Å². The summed E-state index contributed by atoms with van der Waals surface area (Å²) in [5, 5.41) is 0.636. The second-order valence-corrected chi connectivity index (χ2v) is 8.53. The van der Waals surface area contributed by atoms with Crippen LogP contribution in [0.2, 0.25) is 5.02 Å². The number of ether oxygens (including phenoxy) is 1. The Hall–Kier alpha value is -1.85. The van der Waals surface area contributed by atoms with Gasteiger partial charge in [-0.2, -0.15) is 0 Å². The number of hydrogen-bond acceptors (Lipinski definition) is 4. The molecule has 0 unspecified atom stereocenters. The monoisotopic (exact) mass is 404 g/mol. The molecule has 0 radical (unpaired) electrons. The second-order valence-electron chi connectivity index (χ2n) is 6.68. The van der Waals surface area contributed by atoms with Gasteiger partial charge in [-0.1, -0.05) is 17.7 Å². The van der Waals surface area contributed by atoms with Gasteiger partial charge in [0.05, 0.1) is 12.4 Å². The predicted molar refractivity (Wildman–Crippen MR) is 113 cm³/mol. The first-order valence-electron chi connectivity index (χ1n) is 9.08. The van der Waals surface area contributed by atoms with Crippen LogP contribution in [-0.4, -0.2) is 49.3 Å². The molecule has 1 amide bonds. The predicted octanol–water partition coefficient (Wildman–Crippen LogP) is 4.49. The van der Waals surface area contributed by atoms with Crippen molar-refractivity contribution in [1.29, 1.82) is 0 Å². The number of aryl methyl sites for hydroxylation is 1. The fraction of sp³-hybridized carbons (Fsp3) is 0.381. The quantitative estimate of drug-likeness (QED) is 0.687. The molecule has 0 aromatic heterocycles. The molecule has 3 rings (SSSR count). The van der Waals surface area contributed by atoms with E-state index in [4.69, 9.17) is 16.3 Å². The Bertz CT molecular complexity index is 789. The molecule has 6 heteroatoms. The molecule has 1 aliphatic heterocycles. The van der Waals surface area contributed by atoms with E-state index in [0.717, 1.165) is 47.5 Å². The second kappa shape index (κ2) is 8.89. The number of carbonyl (C=O) groups is 1. The molecule has 0 saturated carbocycles. The van der Waals surface area contributed by atoms with Crippen LogP contribution in [0.15, 0.2) is 47.4 Å². The Morgan fingerprint density at radius 2 is 1.78 bits per heavy atom. The van der Waals surface area contributed by atoms with E-state index in [-0.39, 0.29) is 11.2 Å². The highest BCUT2D eigenvalue weighted by Gasteiger charge is 2.26. The van der Waals surface area contributed by atoms with Gasteiger partial charge < -0.3 is 14.5 Å². The van der Waals surface area contributed by atoms with Crippen LogP contribution >= 0.6 is 23.4 Å². The van der Waals surface area contributed by atoms with E-state index in [0.29, 0.717) is 0 Å². The number of nitrogens with zero attached hydrogens (tertiary/aromatic N) is 2. The van der Waals surface area contributed by atoms with E-state index in [1.54, 1.807) is 18.9 Å². The van der Waals surface area contributed by atoms with Crippen molar-refractivity contribution in [1.82, 2.24) is 4.90 Å². The fourth-order valence-electron chi connectivity index (χ4n) is 3.26. The Morgan fingerprint density at radius 3 is 2.41 bits per heavy atom. The molecule has 2 aromatic rings. The van der Waals surface area contributed by atoms with Crippen LogP contribution in [0, 0.1) is 6.92 Å². The summed E-state index contributed by atoms with van der Waals surface area (Å²) in [5.74, 6) is 1.02. The standard InChI is InChI=1S/C21H25ClN2O2S/c1-15-4-5-17(22)14-20(15)23-10-12-24(13-11-23)21(25)16(2)27-19-8-6-18(26-3)7-9-19/h4-9,14,16H,10-13H2,1-3H3/t16-/m1/s1. The largest absolute Gasteiger partial charge is 0.497 e. The molecule has 4 nitrogen and oxygen atoms in total. The van der Waals surface area contributed by atoms with Crippen LogP contribution in [0.3, 0.4) is 0 Å². The van der Waals surface area contributed by atoms with Gasteiger partial charge >= 0.3 is 0 Å². The van der Waals surface area contributed by atoms with Gasteiger partial charge in [-0.05, 0) is 55.8 Å². The van der Waals surface area contributed by atoms with E-state index in [2.05, 4.69) is 11.8 Å². The molecular formula is C21H25ClN2O2S. The zero-order chi connectivity index (χ0) is 19.4. The van der Waals surface area contributed by atoms with Crippen LogP contribution in [0.5, 0.6) is 5.75 Å². The van der Waals surface area contributed by atoms with Gasteiger partial charge in [0, 0.05) is 41.8 Å². The Balaban J connectivity index is 1.56. The molecule has 144 valence electrons. The van der Waals surface area contributed by atoms with Gasteiger partial charge in [-0.3, -0.25) is 4.79 Å². The Morgan fingerprint density at radius 1 is 1.11 bits per heavy atom.